The highest BCUT2D eigenvalue weighted by atomic mass is 15.2. The van der Waals surface area contributed by atoms with Crippen LogP contribution in [0.1, 0.15) is 50.3 Å². The van der Waals surface area contributed by atoms with Crippen molar-refractivity contribution < 1.29 is 0 Å². The first-order chi connectivity index (χ1) is 9.11. The Morgan fingerprint density at radius 3 is 2.58 bits per heavy atom. The van der Waals surface area contributed by atoms with E-state index in [0.717, 1.165) is 12.3 Å². The van der Waals surface area contributed by atoms with Gasteiger partial charge in [-0.1, -0.05) is 43.7 Å². The minimum absolute atomic E-state index is 0.232. The Bertz CT molecular complexity index is 394. The Kier molecular flexibility index (Phi) is 5.00. The van der Waals surface area contributed by atoms with Gasteiger partial charge in [-0.25, -0.2) is 0 Å². The van der Waals surface area contributed by atoms with Gasteiger partial charge in [0.25, 0.3) is 0 Å². The lowest BCUT2D eigenvalue weighted by molar-refractivity contribution is 0.119. The minimum Gasteiger partial charge on any atom is -0.326 e. The van der Waals surface area contributed by atoms with Crippen molar-refractivity contribution in [2.45, 2.75) is 52.1 Å². The summed E-state index contributed by atoms with van der Waals surface area (Å²) < 4.78 is 0. The second-order valence-corrected chi connectivity index (χ2v) is 6.15. The summed E-state index contributed by atoms with van der Waals surface area (Å²) in [4.78, 5) is 2.60. The zero-order chi connectivity index (χ0) is 13.8. The van der Waals surface area contributed by atoms with E-state index in [2.05, 4.69) is 49.9 Å². The summed E-state index contributed by atoms with van der Waals surface area (Å²) in [6.07, 6.45) is 3.64. The summed E-state index contributed by atoms with van der Waals surface area (Å²) in [6.45, 7) is 9.09. The molecule has 2 rings (SSSR count). The Hall–Kier alpha value is -0.860. The molecule has 0 spiro atoms. The van der Waals surface area contributed by atoms with Crippen LogP contribution in [0.3, 0.4) is 0 Å². The lowest BCUT2D eigenvalue weighted by atomic mass is 9.91. The van der Waals surface area contributed by atoms with Crippen molar-refractivity contribution in [3.8, 4) is 0 Å². The molecule has 1 heterocycles. The van der Waals surface area contributed by atoms with E-state index in [1.54, 1.807) is 0 Å². The molecule has 1 fully saturated rings. The summed E-state index contributed by atoms with van der Waals surface area (Å²) in [5.74, 6) is 0.868. The average molecular weight is 260 g/mol. The van der Waals surface area contributed by atoms with Crippen molar-refractivity contribution >= 4 is 0 Å². The molecule has 2 atom stereocenters. The van der Waals surface area contributed by atoms with Crippen LogP contribution in [0.15, 0.2) is 24.3 Å². The molecule has 2 unspecified atom stereocenters. The van der Waals surface area contributed by atoms with E-state index in [1.165, 1.54) is 37.1 Å². The molecule has 1 aromatic rings. The van der Waals surface area contributed by atoms with Gasteiger partial charge in [0.05, 0.1) is 0 Å². The van der Waals surface area contributed by atoms with Crippen molar-refractivity contribution in [1.29, 1.82) is 0 Å². The van der Waals surface area contributed by atoms with Gasteiger partial charge in [0, 0.05) is 12.1 Å². The van der Waals surface area contributed by atoms with Crippen LogP contribution in [0, 0.1) is 12.8 Å². The third-order valence-corrected chi connectivity index (χ3v) is 4.47. The lowest BCUT2D eigenvalue weighted by Gasteiger charge is -2.39. The van der Waals surface area contributed by atoms with Crippen molar-refractivity contribution in [1.82, 2.24) is 4.90 Å². The van der Waals surface area contributed by atoms with Gasteiger partial charge in [-0.15, -0.1) is 0 Å². The predicted molar refractivity (Wildman–Crippen MR) is 82.2 cm³/mol. The van der Waals surface area contributed by atoms with Gasteiger partial charge in [-0.3, -0.25) is 4.90 Å². The van der Waals surface area contributed by atoms with Gasteiger partial charge in [0.1, 0.15) is 0 Å². The number of piperidine rings is 1. The molecule has 0 radical (unpaired) electrons. The Balaban J connectivity index is 2.21. The Morgan fingerprint density at radius 1 is 1.32 bits per heavy atom. The molecule has 0 bridgehead atoms. The van der Waals surface area contributed by atoms with Crippen molar-refractivity contribution in [2.75, 3.05) is 13.1 Å². The first kappa shape index (κ1) is 14.5. The molecule has 19 heavy (non-hydrogen) atoms. The highest BCUT2D eigenvalue weighted by Crippen LogP contribution is 2.30. The zero-order valence-electron chi connectivity index (χ0n) is 12.6. The topological polar surface area (TPSA) is 29.3 Å². The van der Waals surface area contributed by atoms with E-state index in [4.69, 9.17) is 5.73 Å². The first-order valence-corrected chi connectivity index (χ1v) is 7.68. The molecule has 1 aliphatic rings. The molecule has 0 aliphatic carbocycles. The SMILES string of the molecule is CCC(N)C(c1cccc(C)c1)N1CCC(C)CC1. The zero-order valence-corrected chi connectivity index (χ0v) is 12.6. The van der Waals surface area contributed by atoms with Crippen LogP contribution in [0.5, 0.6) is 0 Å². The van der Waals surface area contributed by atoms with Crippen LogP contribution < -0.4 is 5.73 Å². The third kappa shape index (κ3) is 3.58. The number of hydrogen-bond donors (Lipinski definition) is 1. The molecule has 0 aromatic heterocycles. The standard InChI is InChI=1S/C17H28N2/c1-4-16(18)17(15-7-5-6-14(3)12-15)19-10-8-13(2)9-11-19/h5-7,12-13,16-17H,4,8-11,18H2,1-3H3. The fourth-order valence-corrected chi connectivity index (χ4v) is 3.11. The van der Waals surface area contributed by atoms with Crippen LogP contribution in [0.25, 0.3) is 0 Å². The summed E-state index contributed by atoms with van der Waals surface area (Å²) in [7, 11) is 0. The average Bonchev–Trinajstić information content (AvgIpc) is 2.41. The van der Waals surface area contributed by atoms with E-state index in [-0.39, 0.29) is 6.04 Å². The summed E-state index contributed by atoms with van der Waals surface area (Å²) >= 11 is 0. The molecule has 0 saturated carbocycles. The number of benzene rings is 1. The van der Waals surface area contributed by atoms with Gasteiger partial charge in [0.2, 0.25) is 0 Å². The molecule has 0 amide bonds. The van der Waals surface area contributed by atoms with Gasteiger partial charge in [0.15, 0.2) is 0 Å². The Labute approximate surface area is 118 Å². The molecule has 1 saturated heterocycles. The number of nitrogens with two attached hydrogens (primary N) is 1. The molecular weight excluding hydrogens is 232 g/mol. The maximum Gasteiger partial charge on any atom is 0.0499 e. The van der Waals surface area contributed by atoms with Gasteiger partial charge in [-0.05, 0) is 50.8 Å². The smallest absolute Gasteiger partial charge is 0.0499 e. The van der Waals surface area contributed by atoms with Gasteiger partial charge >= 0.3 is 0 Å². The van der Waals surface area contributed by atoms with Crippen LogP contribution >= 0.6 is 0 Å². The fraction of sp³-hybridized carbons (Fsp3) is 0.647. The Morgan fingerprint density at radius 2 is 2.00 bits per heavy atom. The minimum atomic E-state index is 0.232. The lowest BCUT2D eigenvalue weighted by Crippen LogP contribution is -2.44. The van der Waals surface area contributed by atoms with E-state index in [1.807, 2.05) is 0 Å². The predicted octanol–water partition coefficient (Wildman–Crippen LogP) is 3.51. The molecule has 2 heteroatoms. The monoisotopic (exact) mass is 260 g/mol. The third-order valence-electron chi connectivity index (χ3n) is 4.47. The number of likely N-dealkylation sites (tertiary alicyclic amines) is 1. The fourth-order valence-electron chi connectivity index (χ4n) is 3.11. The molecular formula is C17H28N2. The highest BCUT2D eigenvalue weighted by molar-refractivity contribution is 5.26. The number of aryl methyl sites for hydroxylation is 1. The molecule has 1 aromatic carbocycles. The van der Waals surface area contributed by atoms with Crippen molar-refractivity contribution in [2.24, 2.45) is 11.7 Å². The second-order valence-electron chi connectivity index (χ2n) is 6.15. The summed E-state index contributed by atoms with van der Waals surface area (Å²) in [6, 6.07) is 9.49. The molecule has 2 nitrogen and oxygen atoms in total. The van der Waals surface area contributed by atoms with E-state index < -0.39 is 0 Å². The maximum absolute atomic E-state index is 6.42. The highest BCUT2D eigenvalue weighted by Gasteiger charge is 2.28. The van der Waals surface area contributed by atoms with Crippen LogP contribution in [-0.4, -0.2) is 24.0 Å². The molecule has 1 aliphatic heterocycles. The first-order valence-electron chi connectivity index (χ1n) is 7.68. The van der Waals surface area contributed by atoms with E-state index >= 15 is 0 Å². The largest absolute Gasteiger partial charge is 0.326 e. The van der Waals surface area contributed by atoms with Crippen LogP contribution in [0.2, 0.25) is 0 Å². The van der Waals surface area contributed by atoms with Crippen molar-refractivity contribution in [3.63, 3.8) is 0 Å². The van der Waals surface area contributed by atoms with Gasteiger partial charge < -0.3 is 5.73 Å². The summed E-state index contributed by atoms with van der Waals surface area (Å²) in [5, 5.41) is 0. The number of nitrogens with zero attached hydrogens (tertiary/aromatic N) is 1. The van der Waals surface area contributed by atoms with E-state index in [9.17, 15) is 0 Å². The number of rotatable bonds is 4. The maximum atomic E-state index is 6.42. The summed E-state index contributed by atoms with van der Waals surface area (Å²) in [5.41, 5.74) is 9.15. The molecule has 106 valence electrons. The van der Waals surface area contributed by atoms with E-state index in [0.29, 0.717) is 6.04 Å². The quantitative estimate of drug-likeness (QED) is 0.897. The molecule has 2 N–H and O–H groups in total. The normalized spacial score (nSPS) is 21.3. The van der Waals surface area contributed by atoms with Crippen LogP contribution in [0.4, 0.5) is 0 Å². The van der Waals surface area contributed by atoms with Crippen LogP contribution in [-0.2, 0) is 0 Å². The number of hydrogen-bond acceptors (Lipinski definition) is 2. The van der Waals surface area contributed by atoms with Gasteiger partial charge in [-0.2, -0.15) is 0 Å². The second kappa shape index (κ2) is 6.53. The van der Waals surface area contributed by atoms with Crippen molar-refractivity contribution in [3.05, 3.63) is 35.4 Å².